The maximum atomic E-state index is 5.41. The molecule has 1 aliphatic rings. The number of morpholine rings is 1. The van der Waals surface area contributed by atoms with Gasteiger partial charge in [-0.1, -0.05) is 18.2 Å². The Balaban J connectivity index is 1.80. The van der Waals surface area contributed by atoms with E-state index in [2.05, 4.69) is 54.3 Å². The highest BCUT2D eigenvalue weighted by Gasteiger charge is 2.12. The Morgan fingerprint density at radius 2 is 2.05 bits per heavy atom. The van der Waals surface area contributed by atoms with E-state index in [9.17, 15) is 0 Å². The Hall–Kier alpha value is -1.65. The number of rotatable bonds is 4. The SMILES string of the molecule is CCn1cc(-c2cccc(CN3CCOCC3)c2)c(C)n1. The predicted octanol–water partition coefficient (Wildman–Crippen LogP) is 2.71. The van der Waals surface area contributed by atoms with E-state index < -0.39 is 0 Å². The molecule has 0 amide bonds. The number of aromatic nitrogens is 2. The largest absolute Gasteiger partial charge is 0.379 e. The molecule has 3 rings (SSSR count). The summed E-state index contributed by atoms with van der Waals surface area (Å²) in [5.41, 5.74) is 4.96. The van der Waals surface area contributed by atoms with Gasteiger partial charge < -0.3 is 4.74 Å². The molecule has 2 heterocycles. The summed E-state index contributed by atoms with van der Waals surface area (Å²) in [6.45, 7) is 9.85. The molecule has 21 heavy (non-hydrogen) atoms. The van der Waals surface area contributed by atoms with Gasteiger partial charge in [0.25, 0.3) is 0 Å². The van der Waals surface area contributed by atoms with E-state index >= 15 is 0 Å². The second-order valence-electron chi connectivity index (χ2n) is 5.57. The third-order valence-electron chi connectivity index (χ3n) is 4.02. The molecule has 1 aromatic heterocycles. The van der Waals surface area contributed by atoms with E-state index in [0.717, 1.165) is 45.1 Å². The molecule has 0 N–H and O–H groups in total. The van der Waals surface area contributed by atoms with Crippen LogP contribution in [0.4, 0.5) is 0 Å². The lowest BCUT2D eigenvalue weighted by atomic mass is 10.0. The maximum absolute atomic E-state index is 5.41. The fourth-order valence-electron chi connectivity index (χ4n) is 2.82. The van der Waals surface area contributed by atoms with E-state index in [4.69, 9.17) is 4.74 Å². The van der Waals surface area contributed by atoms with Crippen LogP contribution in [-0.4, -0.2) is 41.0 Å². The molecule has 0 aliphatic carbocycles. The van der Waals surface area contributed by atoms with Gasteiger partial charge in [-0.05, 0) is 31.0 Å². The van der Waals surface area contributed by atoms with Crippen molar-refractivity contribution in [2.75, 3.05) is 26.3 Å². The molecule has 1 aliphatic heterocycles. The summed E-state index contributed by atoms with van der Waals surface area (Å²) in [6, 6.07) is 8.82. The molecule has 0 spiro atoms. The highest BCUT2D eigenvalue weighted by molar-refractivity contribution is 5.65. The lowest BCUT2D eigenvalue weighted by Crippen LogP contribution is -2.35. The van der Waals surface area contributed by atoms with Gasteiger partial charge in [-0.15, -0.1) is 0 Å². The summed E-state index contributed by atoms with van der Waals surface area (Å²) in [5, 5.41) is 4.54. The van der Waals surface area contributed by atoms with Crippen LogP contribution >= 0.6 is 0 Å². The number of benzene rings is 1. The Morgan fingerprint density at radius 1 is 1.24 bits per heavy atom. The van der Waals surface area contributed by atoms with Crippen molar-refractivity contribution in [3.8, 4) is 11.1 Å². The van der Waals surface area contributed by atoms with Crippen molar-refractivity contribution in [1.82, 2.24) is 14.7 Å². The van der Waals surface area contributed by atoms with Gasteiger partial charge >= 0.3 is 0 Å². The van der Waals surface area contributed by atoms with Crippen LogP contribution in [0.1, 0.15) is 18.2 Å². The first-order valence-electron chi connectivity index (χ1n) is 7.69. The first-order valence-corrected chi connectivity index (χ1v) is 7.69. The molecule has 0 radical (unpaired) electrons. The van der Waals surface area contributed by atoms with Crippen molar-refractivity contribution in [3.05, 3.63) is 41.7 Å². The third-order valence-corrected chi connectivity index (χ3v) is 4.02. The number of nitrogens with zero attached hydrogens (tertiary/aromatic N) is 3. The van der Waals surface area contributed by atoms with Crippen LogP contribution in [0.15, 0.2) is 30.5 Å². The Labute approximate surface area is 126 Å². The zero-order valence-electron chi connectivity index (χ0n) is 12.9. The Kier molecular flexibility index (Phi) is 4.36. The zero-order valence-corrected chi connectivity index (χ0v) is 12.9. The van der Waals surface area contributed by atoms with Gasteiger partial charge in [-0.25, -0.2) is 0 Å². The van der Waals surface area contributed by atoms with Crippen molar-refractivity contribution in [1.29, 1.82) is 0 Å². The highest BCUT2D eigenvalue weighted by atomic mass is 16.5. The normalized spacial score (nSPS) is 16.3. The second kappa shape index (κ2) is 6.41. The standard InChI is InChI=1S/C17H23N3O/c1-3-20-13-17(14(2)18-20)16-6-4-5-15(11-16)12-19-7-9-21-10-8-19/h4-6,11,13H,3,7-10,12H2,1-2H3. The van der Waals surface area contributed by atoms with Gasteiger partial charge in [-0.2, -0.15) is 5.10 Å². The van der Waals surface area contributed by atoms with Gasteiger partial charge in [0.15, 0.2) is 0 Å². The number of aryl methyl sites for hydroxylation is 2. The molecule has 0 saturated carbocycles. The minimum absolute atomic E-state index is 0.849. The molecular formula is C17H23N3O. The molecule has 2 aromatic rings. The van der Waals surface area contributed by atoms with Crippen LogP contribution < -0.4 is 0 Å². The molecule has 0 atom stereocenters. The molecule has 0 unspecified atom stereocenters. The summed E-state index contributed by atoms with van der Waals surface area (Å²) in [7, 11) is 0. The topological polar surface area (TPSA) is 30.3 Å². The minimum Gasteiger partial charge on any atom is -0.379 e. The van der Waals surface area contributed by atoms with Gasteiger partial charge in [-0.3, -0.25) is 9.58 Å². The number of hydrogen-bond donors (Lipinski definition) is 0. The van der Waals surface area contributed by atoms with Crippen LogP contribution in [0.2, 0.25) is 0 Å². The fraction of sp³-hybridized carbons (Fsp3) is 0.471. The maximum Gasteiger partial charge on any atom is 0.0672 e. The first kappa shape index (κ1) is 14.3. The third kappa shape index (κ3) is 3.34. The Bertz CT molecular complexity index is 600. The monoisotopic (exact) mass is 285 g/mol. The first-order chi connectivity index (χ1) is 10.3. The molecule has 4 nitrogen and oxygen atoms in total. The van der Waals surface area contributed by atoms with E-state index in [-0.39, 0.29) is 0 Å². The summed E-state index contributed by atoms with van der Waals surface area (Å²) in [4.78, 5) is 2.45. The molecule has 4 heteroatoms. The smallest absolute Gasteiger partial charge is 0.0672 e. The average Bonchev–Trinajstić information content (AvgIpc) is 2.90. The quantitative estimate of drug-likeness (QED) is 0.865. The highest BCUT2D eigenvalue weighted by Crippen LogP contribution is 2.24. The number of ether oxygens (including phenoxy) is 1. The predicted molar refractivity (Wildman–Crippen MR) is 84.2 cm³/mol. The molecule has 1 aromatic carbocycles. The summed E-state index contributed by atoms with van der Waals surface area (Å²) >= 11 is 0. The molecule has 112 valence electrons. The molecule has 1 fully saturated rings. The summed E-state index contributed by atoms with van der Waals surface area (Å²) in [6.07, 6.45) is 2.14. The van der Waals surface area contributed by atoms with Gasteiger partial charge in [0.2, 0.25) is 0 Å². The van der Waals surface area contributed by atoms with Crippen LogP contribution in [0.5, 0.6) is 0 Å². The Morgan fingerprint density at radius 3 is 2.76 bits per heavy atom. The van der Waals surface area contributed by atoms with Gasteiger partial charge in [0, 0.05) is 37.9 Å². The number of hydrogen-bond acceptors (Lipinski definition) is 3. The second-order valence-corrected chi connectivity index (χ2v) is 5.57. The van der Waals surface area contributed by atoms with Crippen molar-refractivity contribution in [2.45, 2.75) is 26.9 Å². The summed E-state index contributed by atoms with van der Waals surface area (Å²) < 4.78 is 7.41. The van der Waals surface area contributed by atoms with Crippen LogP contribution in [-0.2, 0) is 17.8 Å². The van der Waals surface area contributed by atoms with E-state index in [0.29, 0.717) is 0 Å². The minimum atomic E-state index is 0.849. The van der Waals surface area contributed by atoms with E-state index in [1.54, 1.807) is 0 Å². The van der Waals surface area contributed by atoms with Crippen LogP contribution in [0.25, 0.3) is 11.1 Å². The van der Waals surface area contributed by atoms with Crippen LogP contribution in [0.3, 0.4) is 0 Å². The van der Waals surface area contributed by atoms with Crippen molar-refractivity contribution < 1.29 is 4.74 Å². The molecular weight excluding hydrogens is 262 g/mol. The van der Waals surface area contributed by atoms with Crippen molar-refractivity contribution >= 4 is 0 Å². The average molecular weight is 285 g/mol. The molecule has 0 bridgehead atoms. The lowest BCUT2D eigenvalue weighted by molar-refractivity contribution is 0.0342. The van der Waals surface area contributed by atoms with E-state index in [1.165, 1.54) is 16.7 Å². The zero-order chi connectivity index (χ0) is 14.7. The van der Waals surface area contributed by atoms with Crippen molar-refractivity contribution in [3.63, 3.8) is 0 Å². The van der Waals surface area contributed by atoms with Gasteiger partial charge in [0.05, 0.1) is 18.9 Å². The fourth-order valence-corrected chi connectivity index (χ4v) is 2.82. The van der Waals surface area contributed by atoms with Gasteiger partial charge in [0.1, 0.15) is 0 Å². The summed E-state index contributed by atoms with van der Waals surface area (Å²) in [5.74, 6) is 0. The van der Waals surface area contributed by atoms with Crippen molar-refractivity contribution in [2.24, 2.45) is 0 Å². The molecule has 1 saturated heterocycles. The van der Waals surface area contributed by atoms with E-state index in [1.807, 2.05) is 4.68 Å². The van der Waals surface area contributed by atoms with Crippen LogP contribution in [0, 0.1) is 6.92 Å². The lowest BCUT2D eigenvalue weighted by Gasteiger charge is -2.26.